The van der Waals surface area contributed by atoms with Crippen molar-refractivity contribution in [3.8, 4) is 0 Å². The quantitative estimate of drug-likeness (QED) is 0.788. The minimum absolute atomic E-state index is 0.0842. The van der Waals surface area contributed by atoms with Crippen LogP contribution in [0, 0.1) is 0 Å². The van der Waals surface area contributed by atoms with Crippen molar-refractivity contribution in [2.75, 3.05) is 18.8 Å². The number of hydrogen-bond donors (Lipinski definition) is 1. The summed E-state index contributed by atoms with van der Waals surface area (Å²) in [5.41, 5.74) is 0.241. The van der Waals surface area contributed by atoms with Gasteiger partial charge in [0.2, 0.25) is 0 Å². The van der Waals surface area contributed by atoms with E-state index in [4.69, 9.17) is 0 Å². The second kappa shape index (κ2) is 4.86. The summed E-state index contributed by atoms with van der Waals surface area (Å²) in [5, 5.41) is 5.15. The van der Waals surface area contributed by atoms with Crippen LogP contribution >= 0.6 is 0 Å². The van der Waals surface area contributed by atoms with Crippen LogP contribution in [0.15, 0.2) is 11.5 Å². The molecule has 2 unspecified atom stereocenters. The molecule has 0 aromatic carbocycles. The third-order valence-electron chi connectivity index (χ3n) is 4.97. The predicted octanol–water partition coefficient (Wildman–Crippen LogP) is 1.29. The molecule has 19 heavy (non-hydrogen) atoms. The molecule has 2 heterocycles. The molecule has 2 aliphatic heterocycles. The molecule has 2 fully saturated rings. The van der Waals surface area contributed by atoms with Crippen LogP contribution in [-0.4, -0.2) is 49.8 Å². The molecule has 5 heteroatoms. The first kappa shape index (κ1) is 13.6. The number of rotatable bonds is 1. The normalized spacial score (nSPS) is 37.7. The molecule has 1 saturated heterocycles. The Hall–Kier alpha value is -0.390. The third-order valence-corrected chi connectivity index (χ3v) is 6.35. The Bertz CT molecular complexity index is 466. The summed E-state index contributed by atoms with van der Waals surface area (Å²) in [4.78, 5) is 2.41. The molecule has 4 nitrogen and oxygen atoms in total. The lowest BCUT2D eigenvalue weighted by Gasteiger charge is -2.50. The topological polar surface area (TPSA) is 49.4 Å². The zero-order valence-corrected chi connectivity index (χ0v) is 12.5. The van der Waals surface area contributed by atoms with Crippen LogP contribution in [0.4, 0.5) is 0 Å². The molecule has 0 amide bonds. The van der Waals surface area contributed by atoms with E-state index in [1.807, 2.05) is 6.08 Å². The van der Waals surface area contributed by atoms with Gasteiger partial charge in [0.05, 0.1) is 5.75 Å². The summed E-state index contributed by atoms with van der Waals surface area (Å²) in [7, 11) is -2.95. The minimum Gasteiger partial charge on any atom is -0.308 e. The second-order valence-corrected chi connectivity index (χ2v) is 8.40. The van der Waals surface area contributed by atoms with Gasteiger partial charge in [0.25, 0.3) is 0 Å². The fraction of sp³-hybridized carbons (Fsp3) is 0.857. The molecule has 0 aromatic heterocycles. The summed E-state index contributed by atoms with van der Waals surface area (Å²) in [6, 6.07) is 0.497. The van der Waals surface area contributed by atoms with Gasteiger partial charge in [-0.15, -0.1) is 0 Å². The summed E-state index contributed by atoms with van der Waals surface area (Å²) >= 11 is 0. The van der Waals surface area contributed by atoms with E-state index in [1.54, 1.807) is 0 Å². The molecule has 1 spiro atoms. The molecule has 108 valence electrons. The maximum Gasteiger partial charge on any atom is 0.173 e. The highest BCUT2D eigenvalue weighted by molar-refractivity contribution is 7.94. The second-order valence-electron chi connectivity index (χ2n) is 6.47. The van der Waals surface area contributed by atoms with E-state index in [-0.39, 0.29) is 17.3 Å². The highest BCUT2D eigenvalue weighted by atomic mass is 32.2. The van der Waals surface area contributed by atoms with E-state index in [0.717, 1.165) is 13.1 Å². The zero-order chi connectivity index (χ0) is 13.5. The average molecular weight is 284 g/mol. The Balaban J connectivity index is 1.75. The van der Waals surface area contributed by atoms with Gasteiger partial charge in [-0.25, -0.2) is 8.42 Å². The van der Waals surface area contributed by atoms with Crippen LogP contribution in [0.25, 0.3) is 0 Å². The van der Waals surface area contributed by atoms with E-state index < -0.39 is 9.84 Å². The summed E-state index contributed by atoms with van der Waals surface area (Å²) < 4.78 is 23.3. The molecule has 0 radical (unpaired) electrons. The van der Waals surface area contributed by atoms with Gasteiger partial charge < -0.3 is 5.32 Å². The van der Waals surface area contributed by atoms with E-state index >= 15 is 0 Å². The predicted molar refractivity (Wildman–Crippen MR) is 76.7 cm³/mol. The molecule has 1 N–H and O–H groups in total. The van der Waals surface area contributed by atoms with Crippen molar-refractivity contribution in [3.63, 3.8) is 0 Å². The van der Waals surface area contributed by atoms with Gasteiger partial charge in [-0.2, -0.15) is 0 Å². The van der Waals surface area contributed by atoms with Gasteiger partial charge in [0.15, 0.2) is 9.84 Å². The lowest BCUT2D eigenvalue weighted by molar-refractivity contribution is 0.0501. The number of hydrogen-bond acceptors (Lipinski definition) is 4. The van der Waals surface area contributed by atoms with Crippen molar-refractivity contribution in [1.29, 1.82) is 0 Å². The number of nitrogens with zero attached hydrogens (tertiary/aromatic N) is 1. The SMILES string of the molecule is CC1CNC2(CCCCC2)CN1C1C=CS(=O)(=O)C1. The Morgan fingerprint density at radius 3 is 2.63 bits per heavy atom. The van der Waals surface area contributed by atoms with Crippen LogP contribution in [0.3, 0.4) is 0 Å². The van der Waals surface area contributed by atoms with E-state index in [1.165, 1.54) is 37.5 Å². The maximum absolute atomic E-state index is 11.6. The van der Waals surface area contributed by atoms with Crippen LogP contribution in [-0.2, 0) is 9.84 Å². The van der Waals surface area contributed by atoms with Crippen LogP contribution in [0.5, 0.6) is 0 Å². The van der Waals surface area contributed by atoms with E-state index in [9.17, 15) is 8.42 Å². The minimum atomic E-state index is -2.95. The smallest absolute Gasteiger partial charge is 0.173 e. The maximum atomic E-state index is 11.6. The first-order valence-corrected chi connectivity index (χ1v) is 9.13. The fourth-order valence-electron chi connectivity index (χ4n) is 3.82. The fourth-order valence-corrected chi connectivity index (χ4v) is 5.13. The Morgan fingerprint density at radius 2 is 2.00 bits per heavy atom. The van der Waals surface area contributed by atoms with Crippen molar-refractivity contribution in [2.24, 2.45) is 0 Å². The number of piperazine rings is 1. The van der Waals surface area contributed by atoms with Crippen molar-refractivity contribution >= 4 is 9.84 Å². The molecule has 2 atom stereocenters. The largest absolute Gasteiger partial charge is 0.308 e. The van der Waals surface area contributed by atoms with E-state index in [0.29, 0.717) is 6.04 Å². The van der Waals surface area contributed by atoms with Crippen molar-refractivity contribution < 1.29 is 8.42 Å². The highest BCUT2D eigenvalue weighted by Crippen LogP contribution is 2.33. The van der Waals surface area contributed by atoms with Gasteiger partial charge in [0, 0.05) is 36.1 Å². The first-order valence-electron chi connectivity index (χ1n) is 7.42. The molecular formula is C14H24N2O2S. The van der Waals surface area contributed by atoms with Crippen molar-refractivity contribution in [3.05, 3.63) is 11.5 Å². The number of sulfone groups is 1. The molecule has 3 rings (SSSR count). The highest BCUT2D eigenvalue weighted by Gasteiger charge is 2.42. The monoisotopic (exact) mass is 284 g/mol. The molecule has 1 saturated carbocycles. The lowest BCUT2D eigenvalue weighted by Crippen LogP contribution is -2.66. The molecule has 3 aliphatic rings. The van der Waals surface area contributed by atoms with Gasteiger partial charge in [0.1, 0.15) is 0 Å². The lowest BCUT2D eigenvalue weighted by atomic mass is 9.79. The van der Waals surface area contributed by atoms with E-state index in [2.05, 4.69) is 17.1 Å². The van der Waals surface area contributed by atoms with Crippen LogP contribution in [0.2, 0.25) is 0 Å². The standard InChI is InChI=1S/C14H24N2O2S/c1-12-9-15-14(6-3-2-4-7-14)11-16(12)13-5-8-19(17,18)10-13/h5,8,12-13,15H,2-4,6-7,9-11H2,1H3. The van der Waals surface area contributed by atoms with Crippen LogP contribution < -0.4 is 5.32 Å². The molecular weight excluding hydrogens is 260 g/mol. The third kappa shape index (κ3) is 2.73. The summed E-state index contributed by atoms with van der Waals surface area (Å²) in [5.74, 6) is 0.271. The van der Waals surface area contributed by atoms with Crippen LogP contribution in [0.1, 0.15) is 39.0 Å². The molecule has 1 aliphatic carbocycles. The first-order chi connectivity index (χ1) is 9.00. The molecule has 0 aromatic rings. The summed E-state index contributed by atoms with van der Waals surface area (Å²) in [6.07, 6.45) is 8.30. The average Bonchev–Trinajstić information content (AvgIpc) is 2.74. The molecule has 0 bridgehead atoms. The number of nitrogens with one attached hydrogen (secondary N) is 1. The van der Waals surface area contributed by atoms with Gasteiger partial charge in [-0.1, -0.05) is 25.3 Å². The van der Waals surface area contributed by atoms with Gasteiger partial charge in [-0.3, -0.25) is 4.90 Å². The summed E-state index contributed by atoms with van der Waals surface area (Å²) in [6.45, 7) is 4.17. The van der Waals surface area contributed by atoms with Gasteiger partial charge >= 0.3 is 0 Å². The van der Waals surface area contributed by atoms with Crippen molar-refractivity contribution in [2.45, 2.75) is 56.7 Å². The Labute approximate surface area is 116 Å². The Kier molecular flexibility index (Phi) is 3.48. The zero-order valence-electron chi connectivity index (χ0n) is 11.6. The Morgan fingerprint density at radius 1 is 1.26 bits per heavy atom. The van der Waals surface area contributed by atoms with Gasteiger partial charge in [-0.05, 0) is 19.8 Å². The van der Waals surface area contributed by atoms with Crippen molar-refractivity contribution in [1.82, 2.24) is 10.2 Å².